The van der Waals surface area contributed by atoms with Gasteiger partial charge in [-0.15, -0.1) is 0 Å². The molecular weight excluding hydrogens is 701 g/mol. The molecule has 8 bridgehead atoms. The van der Waals surface area contributed by atoms with Crippen molar-refractivity contribution >= 4 is 54.3 Å². The second-order valence-electron chi connectivity index (χ2n) is 10.2. The van der Waals surface area contributed by atoms with Crippen LogP contribution >= 0.6 is 0 Å². The third-order valence-corrected chi connectivity index (χ3v) is 7.18. The maximum atomic E-state index is 9.08. The number of hydrogen-bond donors (Lipinski definition) is 0. The molecule has 0 aliphatic carbocycles. The van der Waals surface area contributed by atoms with Gasteiger partial charge < -0.3 is 34.5 Å². The Hall–Kier alpha value is -4.40. The van der Waals surface area contributed by atoms with Gasteiger partial charge in [0, 0.05) is 51.7 Å². The summed E-state index contributed by atoms with van der Waals surface area (Å²) in [7, 11) is -3.92. The molecule has 9 rings (SSSR count). The van der Waals surface area contributed by atoms with E-state index in [2.05, 4.69) is 4.98 Å². The van der Waals surface area contributed by atoms with E-state index in [1.807, 2.05) is 84.9 Å². The average molecular weight is 727 g/mol. The van der Waals surface area contributed by atoms with E-state index >= 15 is 0 Å². The molecule has 7 aromatic rings. The molecule has 6 heterocycles. The molecule has 0 atom stereocenters. The molecule has 0 N–H and O–H groups in total. The first-order valence-corrected chi connectivity index (χ1v) is 15.5. The van der Waals surface area contributed by atoms with Crippen LogP contribution in [-0.2, 0) is 27.2 Å². The van der Waals surface area contributed by atoms with Crippen molar-refractivity contribution in [2.75, 3.05) is 6.26 Å². The van der Waals surface area contributed by atoms with Crippen LogP contribution < -0.4 is 39.5 Å². The maximum Gasteiger partial charge on any atom is 2.00 e. The fourth-order valence-electron chi connectivity index (χ4n) is 5.33. The minimum atomic E-state index is -3.92. The molecule has 12 nitrogen and oxygen atoms in total. The standard InChI is InChI=1S/C31H15N9.CH4O3S.2CH4.Cu.Na/c1-2-9-17-16(8-1)24-33-25(17)35-27-20-12-5-6-13-21(20)29(37-27)39-31-23-22(14-7-15-32-23)30(40-31)38-28-19-11-4-3-10-18(19)26(34-24)36-28;1-5(2,3)4;;;;/h1-15H;1H3,(H,2,3,4);2*1H4;;/q-2;;;;+2;+1/p-1. The van der Waals surface area contributed by atoms with E-state index in [1.165, 1.54) is 0 Å². The minimum Gasteiger partial charge on any atom is -0.748 e. The molecule has 0 saturated carbocycles. The van der Waals surface area contributed by atoms with Gasteiger partial charge in [-0.25, -0.2) is 18.4 Å². The molecule has 2 aliphatic heterocycles. The van der Waals surface area contributed by atoms with E-state index in [0.29, 0.717) is 57.8 Å². The second kappa shape index (κ2) is 14.6. The molecule has 0 saturated heterocycles. The van der Waals surface area contributed by atoms with Crippen molar-refractivity contribution in [2.45, 2.75) is 14.9 Å². The maximum absolute atomic E-state index is 9.08. The Morgan fingerprint density at radius 2 is 0.857 bits per heavy atom. The van der Waals surface area contributed by atoms with Crippen LogP contribution in [0.15, 0.2) is 91.1 Å². The van der Waals surface area contributed by atoms with Gasteiger partial charge in [-0.1, -0.05) is 87.6 Å². The third-order valence-electron chi connectivity index (χ3n) is 7.18. The van der Waals surface area contributed by atoms with E-state index < -0.39 is 10.1 Å². The van der Waals surface area contributed by atoms with Gasteiger partial charge in [-0.2, -0.15) is 0 Å². The van der Waals surface area contributed by atoms with Gasteiger partial charge in [-0.05, 0) is 33.7 Å². The van der Waals surface area contributed by atoms with Crippen LogP contribution in [0.2, 0.25) is 0 Å². The molecule has 0 spiro atoms. The van der Waals surface area contributed by atoms with Crippen LogP contribution in [0.1, 0.15) is 14.9 Å². The Balaban J connectivity index is 0.000000564. The fraction of sp³-hybridized carbons (Fsp3) is 0.0882. The number of pyridine rings is 1. The molecular formula is C34H26CuN9NaO3S. The van der Waals surface area contributed by atoms with Crippen molar-refractivity contribution in [3.05, 3.63) is 91.1 Å². The first kappa shape index (κ1) is 37.4. The summed E-state index contributed by atoms with van der Waals surface area (Å²) in [6, 6.07) is 27.5. The normalized spacial score (nSPS) is 11.0. The topological polar surface area (TPSA) is 176 Å². The van der Waals surface area contributed by atoms with Crippen LogP contribution in [0.25, 0.3) is 89.8 Å². The van der Waals surface area contributed by atoms with Crippen LogP contribution in [0.3, 0.4) is 0 Å². The van der Waals surface area contributed by atoms with Crippen molar-refractivity contribution in [1.82, 2.24) is 44.9 Å². The summed E-state index contributed by atoms with van der Waals surface area (Å²) in [5.41, 5.74) is 5.30. The third kappa shape index (κ3) is 7.03. The Morgan fingerprint density at radius 3 is 1.29 bits per heavy atom. The fourth-order valence-corrected chi connectivity index (χ4v) is 5.33. The second-order valence-corrected chi connectivity index (χ2v) is 11.6. The van der Waals surface area contributed by atoms with Gasteiger partial charge in [0.2, 0.25) is 0 Å². The molecule has 1 radical (unpaired) electrons. The Labute approximate surface area is 314 Å². The number of fused-ring (bicyclic) bond motifs is 20. The molecule has 4 aromatic heterocycles. The van der Waals surface area contributed by atoms with Crippen LogP contribution in [0, 0.1) is 0 Å². The van der Waals surface area contributed by atoms with E-state index in [4.69, 9.17) is 52.8 Å². The number of hydrogen-bond acceptors (Lipinski definition) is 10. The zero-order valence-electron chi connectivity index (χ0n) is 24.6. The first-order valence-electron chi connectivity index (χ1n) is 13.7. The van der Waals surface area contributed by atoms with Gasteiger partial charge in [0.1, 0.15) is 11.5 Å². The van der Waals surface area contributed by atoms with Gasteiger partial charge >= 0.3 is 46.6 Å². The van der Waals surface area contributed by atoms with Gasteiger partial charge in [0.05, 0.1) is 27.6 Å². The smallest absolute Gasteiger partial charge is 0.748 e. The van der Waals surface area contributed by atoms with Crippen molar-refractivity contribution in [2.24, 2.45) is 0 Å². The van der Waals surface area contributed by atoms with Crippen LogP contribution in [0.5, 0.6) is 0 Å². The summed E-state index contributed by atoms with van der Waals surface area (Å²) in [6.07, 6.45) is 2.33. The molecule has 0 unspecified atom stereocenters. The van der Waals surface area contributed by atoms with E-state index in [1.54, 1.807) is 6.20 Å². The van der Waals surface area contributed by atoms with Crippen molar-refractivity contribution in [3.8, 4) is 45.7 Å². The predicted octanol–water partition coefficient (Wildman–Crippen LogP) is 2.96. The van der Waals surface area contributed by atoms with Crippen LogP contribution in [-0.4, -0.2) is 54.1 Å². The summed E-state index contributed by atoms with van der Waals surface area (Å²) in [5, 5.41) is 3.49. The molecule has 0 amide bonds. The number of rotatable bonds is 0. The largest absolute Gasteiger partial charge is 2.00 e. The van der Waals surface area contributed by atoms with Gasteiger partial charge in [0.15, 0.2) is 0 Å². The molecule has 0 fully saturated rings. The zero-order chi connectivity index (χ0) is 30.7. The number of nitrogens with zero attached hydrogens (tertiary/aromatic N) is 9. The first-order chi connectivity index (χ1) is 21.8. The molecule has 243 valence electrons. The Bertz CT molecular complexity index is 2300. The predicted molar refractivity (Wildman–Crippen MR) is 181 cm³/mol. The monoisotopic (exact) mass is 726 g/mol. The Morgan fingerprint density at radius 1 is 0.531 bits per heavy atom. The summed E-state index contributed by atoms with van der Waals surface area (Å²) < 4.78 is 27.2. The van der Waals surface area contributed by atoms with Gasteiger partial charge in [-0.3, -0.25) is 4.98 Å². The van der Waals surface area contributed by atoms with Crippen molar-refractivity contribution < 1.29 is 59.6 Å². The molecule has 2 aliphatic rings. The summed E-state index contributed by atoms with van der Waals surface area (Å²) in [4.78, 5) is 43.6. The molecule has 3 aromatic carbocycles. The van der Waals surface area contributed by atoms with Crippen molar-refractivity contribution in [1.29, 1.82) is 0 Å². The quantitative estimate of drug-likeness (QED) is 0.165. The van der Waals surface area contributed by atoms with Crippen molar-refractivity contribution in [3.63, 3.8) is 0 Å². The SMILES string of the molecule is C.C.CS(=O)(=O)[O-].[Cu+2].[Na+].c1ccc2c(c1)-c1nc-2nc2[n-]c(nc3nc(nc4[n-]c(n1)c1ccccc41)-c1cccnc1-3)c1ccccc21. The summed E-state index contributed by atoms with van der Waals surface area (Å²) in [5.74, 6) is 2.01. The summed E-state index contributed by atoms with van der Waals surface area (Å²) >= 11 is 0. The molecule has 49 heavy (non-hydrogen) atoms. The average Bonchev–Trinajstić information content (AvgIpc) is 3.76. The summed E-state index contributed by atoms with van der Waals surface area (Å²) in [6.45, 7) is 0. The minimum absolute atomic E-state index is 0. The zero-order valence-corrected chi connectivity index (χ0v) is 28.4. The molecule has 15 heteroatoms. The number of benzene rings is 3. The van der Waals surface area contributed by atoms with E-state index in [0.717, 1.165) is 38.2 Å². The number of aromatic nitrogens is 9. The van der Waals surface area contributed by atoms with Gasteiger partial charge in [0.25, 0.3) is 0 Å². The Kier molecular flexibility index (Phi) is 11.2. The van der Waals surface area contributed by atoms with E-state index in [9.17, 15) is 0 Å². The van der Waals surface area contributed by atoms with Crippen LogP contribution in [0.4, 0.5) is 0 Å². The van der Waals surface area contributed by atoms with E-state index in [-0.39, 0.29) is 61.5 Å².